The van der Waals surface area contributed by atoms with E-state index in [1.807, 2.05) is 30.5 Å². The Hall–Kier alpha value is -1.16. The molecule has 9 heteroatoms. The number of carboxylic acids is 1. The summed E-state index contributed by atoms with van der Waals surface area (Å²) in [6.07, 6.45) is 0. The fourth-order valence-corrected chi connectivity index (χ4v) is 3.69. The molecule has 1 aliphatic heterocycles. The van der Waals surface area contributed by atoms with Crippen molar-refractivity contribution < 1.29 is 19.5 Å². The topological polar surface area (TPSA) is 93.2 Å². The smallest absolute Gasteiger partial charge is 0.317 e. The van der Waals surface area contributed by atoms with Crippen molar-refractivity contribution in [3.05, 3.63) is 0 Å². The second-order valence-corrected chi connectivity index (χ2v) is 9.80. The summed E-state index contributed by atoms with van der Waals surface area (Å²) in [6.45, 7) is 13.2. The van der Waals surface area contributed by atoms with Crippen molar-refractivity contribution in [3.8, 4) is 0 Å². The Morgan fingerprint density at radius 3 is 1.79 bits per heavy atom. The molecule has 8 nitrogen and oxygen atoms in total. The number of Topliss-reactive ketones (excluding diaryl/α,β-unsaturated/α-hetero) is 1. The summed E-state index contributed by atoms with van der Waals surface area (Å²) in [7, 11) is 0. The summed E-state index contributed by atoms with van der Waals surface area (Å²) < 4.78 is 0. The number of carbonyl (C=O) groups excluding carboxylic acids is 2. The molecule has 0 radical (unpaired) electrons. The number of carboxylic acid groups (broad SMARTS) is 1. The average molecular weight is 431 g/mol. The van der Waals surface area contributed by atoms with Gasteiger partial charge < -0.3 is 10.4 Å². The summed E-state index contributed by atoms with van der Waals surface area (Å²) in [4.78, 5) is 41.7. The largest absolute Gasteiger partial charge is 0.480 e. The lowest BCUT2D eigenvalue weighted by Gasteiger charge is -2.25. The zero-order valence-corrected chi connectivity index (χ0v) is 19.2. The van der Waals surface area contributed by atoms with E-state index < -0.39 is 5.97 Å². The van der Waals surface area contributed by atoms with Gasteiger partial charge in [0.25, 0.3) is 0 Å². The predicted molar refractivity (Wildman–Crippen MR) is 117 cm³/mol. The van der Waals surface area contributed by atoms with Crippen LogP contribution in [0.4, 0.5) is 0 Å². The van der Waals surface area contributed by atoms with Crippen molar-refractivity contribution in [1.29, 1.82) is 0 Å². The minimum Gasteiger partial charge on any atom is -0.480 e. The quantitative estimate of drug-likeness (QED) is 0.457. The van der Waals surface area contributed by atoms with Crippen molar-refractivity contribution >= 4 is 29.4 Å². The SMILES string of the molecule is CC(C)SCCNC(=O)CN1CCN(CC(=O)O)CCN(CC(=O)C(C)C)CC1. The van der Waals surface area contributed by atoms with E-state index in [0.717, 1.165) is 5.75 Å². The summed E-state index contributed by atoms with van der Waals surface area (Å²) in [5.74, 6) is 0.175. The fourth-order valence-electron chi connectivity index (χ4n) is 3.00. The number of amides is 1. The van der Waals surface area contributed by atoms with Crippen molar-refractivity contribution in [2.24, 2.45) is 5.92 Å². The second kappa shape index (κ2) is 14.0. The number of nitrogens with one attached hydrogen (secondary N) is 1. The van der Waals surface area contributed by atoms with Gasteiger partial charge in [0.05, 0.1) is 19.6 Å². The number of aliphatic carboxylic acids is 1. The Morgan fingerprint density at radius 1 is 0.862 bits per heavy atom. The zero-order valence-electron chi connectivity index (χ0n) is 18.4. The van der Waals surface area contributed by atoms with Crippen LogP contribution in [0.5, 0.6) is 0 Å². The highest BCUT2D eigenvalue weighted by Gasteiger charge is 2.21. The Labute approximate surface area is 179 Å². The molecule has 0 aliphatic carbocycles. The van der Waals surface area contributed by atoms with Gasteiger partial charge >= 0.3 is 5.97 Å². The van der Waals surface area contributed by atoms with Crippen LogP contribution < -0.4 is 5.32 Å². The molecule has 1 rings (SSSR count). The lowest BCUT2D eigenvalue weighted by Crippen LogP contribution is -2.43. The summed E-state index contributed by atoms with van der Waals surface area (Å²) in [6, 6.07) is 0. The van der Waals surface area contributed by atoms with Crippen LogP contribution in [0.15, 0.2) is 0 Å². The molecule has 1 aliphatic rings. The summed E-state index contributed by atoms with van der Waals surface area (Å²) >= 11 is 1.81. The molecular formula is C20H38N4O4S. The van der Waals surface area contributed by atoms with Crippen LogP contribution in [-0.4, -0.2) is 114 Å². The van der Waals surface area contributed by atoms with Crippen LogP contribution in [0, 0.1) is 5.92 Å². The van der Waals surface area contributed by atoms with E-state index in [1.54, 1.807) is 0 Å². The van der Waals surface area contributed by atoms with Gasteiger partial charge in [-0.25, -0.2) is 0 Å². The van der Waals surface area contributed by atoms with E-state index in [4.69, 9.17) is 5.11 Å². The van der Waals surface area contributed by atoms with E-state index in [1.165, 1.54) is 0 Å². The fraction of sp³-hybridized carbons (Fsp3) is 0.850. The molecule has 1 heterocycles. The molecule has 0 spiro atoms. The van der Waals surface area contributed by atoms with E-state index in [2.05, 4.69) is 29.0 Å². The molecule has 0 atom stereocenters. The van der Waals surface area contributed by atoms with Crippen LogP contribution in [0.3, 0.4) is 0 Å². The molecule has 1 amide bonds. The number of ketones is 1. The molecule has 0 aromatic carbocycles. The predicted octanol–water partition coefficient (Wildman–Crippen LogP) is 0.474. The number of rotatable bonds is 11. The molecule has 29 heavy (non-hydrogen) atoms. The molecule has 0 aromatic heterocycles. The Bertz CT molecular complexity index is 531. The zero-order chi connectivity index (χ0) is 21.8. The molecule has 2 N–H and O–H groups in total. The molecule has 1 fully saturated rings. The molecule has 168 valence electrons. The van der Waals surface area contributed by atoms with Crippen molar-refractivity contribution in [3.63, 3.8) is 0 Å². The monoisotopic (exact) mass is 430 g/mol. The maximum absolute atomic E-state index is 12.3. The van der Waals surface area contributed by atoms with Crippen molar-refractivity contribution in [1.82, 2.24) is 20.0 Å². The highest BCUT2D eigenvalue weighted by molar-refractivity contribution is 7.99. The third-order valence-electron chi connectivity index (χ3n) is 4.82. The number of hydrogen-bond acceptors (Lipinski definition) is 7. The highest BCUT2D eigenvalue weighted by Crippen LogP contribution is 2.07. The van der Waals surface area contributed by atoms with Gasteiger partial charge in [-0.3, -0.25) is 29.1 Å². The van der Waals surface area contributed by atoms with Gasteiger partial charge in [0.15, 0.2) is 0 Å². The van der Waals surface area contributed by atoms with Crippen LogP contribution in [0.2, 0.25) is 0 Å². The van der Waals surface area contributed by atoms with Gasteiger partial charge in [0.2, 0.25) is 5.91 Å². The van der Waals surface area contributed by atoms with Crippen LogP contribution in [0.1, 0.15) is 27.7 Å². The lowest BCUT2D eigenvalue weighted by atomic mass is 10.1. The number of carbonyl (C=O) groups is 3. The highest BCUT2D eigenvalue weighted by atomic mass is 32.2. The summed E-state index contributed by atoms with van der Waals surface area (Å²) in [5.41, 5.74) is 0. The van der Waals surface area contributed by atoms with Crippen LogP contribution >= 0.6 is 11.8 Å². The van der Waals surface area contributed by atoms with Gasteiger partial charge in [-0.2, -0.15) is 11.8 Å². The van der Waals surface area contributed by atoms with Gasteiger partial charge in [-0.1, -0.05) is 27.7 Å². The number of hydrogen-bond donors (Lipinski definition) is 2. The normalized spacial score (nSPS) is 17.7. The minimum atomic E-state index is -0.860. The summed E-state index contributed by atoms with van der Waals surface area (Å²) in [5, 5.41) is 12.7. The van der Waals surface area contributed by atoms with Gasteiger partial charge in [-0.15, -0.1) is 0 Å². The van der Waals surface area contributed by atoms with Crippen molar-refractivity contribution in [2.75, 3.05) is 71.2 Å². The minimum absolute atomic E-state index is 0.0109. The maximum Gasteiger partial charge on any atom is 0.317 e. The van der Waals surface area contributed by atoms with Crippen molar-refractivity contribution in [2.45, 2.75) is 32.9 Å². The van der Waals surface area contributed by atoms with E-state index in [-0.39, 0.29) is 24.2 Å². The lowest BCUT2D eigenvalue weighted by molar-refractivity contribution is -0.138. The third-order valence-corrected chi connectivity index (χ3v) is 5.93. The molecule has 0 bridgehead atoms. The molecular weight excluding hydrogens is 392 g/mol. The van der Waals surface area contributed by atoms with Crippen LogP contribution in [0.25, 0.3) is 0 Å². The van der Waals surface area contributed by atoms with Gasteiger partial charge in [-0.05, 0) is 5.25 Å². The first-order valence-electron chi connectivity index (χ1n) is 10.5. The Morgan fingerprint density at radius 2 is 1.34 bits per heavy atom. The van der Waals surface area contributed by atoms with Gasteiger partial charge in [0.1, 0.15) is 5.78 Å². The standard InChI is InChI=1S/C20H38N4O4S/c1-16(2)18(25)13-22-6-8-23(9-11-24(10-7-22)15-20(27)28)14-19(26)21-5-12-29-17(3)4/h16-17H,5-15H2,1-4H3,(H,21,26)(H,27,28). The third kappa shape index (κ3) is 12.2. The molecule has 0 saturated carbocycles. The second-order valence-electron chi connectivity index (χ2n) is 8.11. The molecule has 0 aromatic rings. The average Bonchev–Trinajstić information content (AvgIpc) is 2.71. The first kappa shape index (κ1) is 25.9. The first-order valence-corrected chi connectivity index (χ1v) is 11.5. The van der Waals surface area contributed by atoms with Gasteiger partial charge in [0, 0.05) is 57.5 Å². The maximum atomic E-state index is 12.3. The number of nitrogens with zero attached hydrogens (tertiary/aromatic N) is 3. The first-order chi connectivity index (χ1) is 13.7. The Balaban J connectivity index is 2.63. The molecule has 0 unspecified atom stereocenters. The molecule has 1 saturated heterocycles. The van der Waals surface area contributed by atoms with E-state index >= 15 is 0 Å². The van der Waals surface area contributed by atoms with Crippen LogP contribution in [-0.2, 0) is 14.4 Å². The van der Waals surface area contributed by atoms with E-state index in [0.29, 0.717) is 64.2 Å². The number of thioether (sulfide) groups is 1. The van der Waals surface area contributed by atoms with E-state index in [9.17, 15) is 14.4 Å². The Kier molecular flexibility index (Phi) is 12.4.